The molecule has 0 unspecified atom stereocenters. The Kier molecular flexibility index (Phi) is 7.43. The van der Waals surface area contributed by atoms with Gasteiger partial charge in [0.1, 0.15) is 5.60 Å². The fraction of sp³-hybridized carbons (Fsp3) is 0.571. The summed E-state index contributed by atoms with van der Waals surface area (Å²) in [6.45, 7) is 6.89. The van der Waals surface area contributed by atoms with E-state index in [-0.39, 0.29) is 24.9 Å². The highest BCUT2D eigenvalue weighted by molar-refractivity contribution is 5.84. The van der Waals surface area contributed by atoms with Gasteiger partial charge in [-0.2, -0.15) is 0 Å². The second-order valence-corrected chi connectivity index (χ2v) is 7.96. The first-order chi connectivity index (χ1) is 13.2. The van der Waals surface area contributed by atoms with Crippen molar-refractivity contribution in [3.8, 4) is 0 Å². The topological polar surface area (TPSA) is 93.7 Å². The van der Waals surface area contributed by atoms with Crippen LogP contribution in [0.15, 0.2) is 24.3 Å². The zero-order valence-corrected chi connectivity index (χ0v) is 17.0. The van der Waals surface area contributed by atoms with Gasteiger partial charge in [0, 0.05) is 6.54 Å². The lowest BCUT2D eigenvalue weighted by molar-refractivity contribution is -0.155. The minimum atomic E-state index is -0.900. The number of carbonyl (C=O) groups is 3. The first-order valence-electron chi connectivity index (χ1n) is 9.70. The SMILES string of the molecule is C[C@H](OC(=O)CCNC(=O)OC(C)(C)C)C(=O)N[C@H]1CCCc2ccccc21. The lowest BCUT2D eigenvalue weighted by Gasteiger charge is -2.27. The summed E-state index contributed by atoms with van der Waals surface area (Å²) in [7, 11) is 0. The highest BCUT2D eigenvalue weighted by Gasteiger charge is 2.25. The van der Waals surface area contributed by atoms with Crippen LogP contribution in [0.1, 0.15) is 64.1 Å². The fourth-order valence-electron chi connectivity index (χ4n) is 3.08. The van der Waals surface area contributed by atoms with Crippen LogP contribution in [0.5, 0.6) is 0 Å². The number of alkyl carbamates (subject to hydrolysis) is 1. The maximum Gasteiger partial charge on any atom is 0.407 e. The predicted octanol–water partition coefficient (Wildman–Crippen LogP) is 3.03. The Morgan fingerprint density at radius 1 is 1.21 bits per heavy atom. The van der Waals surface area contributed by atoms with E-state index < -0.39 is 23.8 Å². The summed E-state index contributed by atoms with van der Waals surface area (Å²) in [5.41, 5.74) is 1.77. The molecule has 1 aliphatic rings. The van der Waals surface area contributed by atoms with Crippen molar-refractivity contribution >= 4 is 18.0 Å². The van der Waals surface area contributed by atoms with E-state index in [4.69, 9.17) is 9.47 Å². The van der Waals surface area contributed by atoms with Crippen molar-refractivity contribution in [2.75, 3.05) is 6.54 Å². The normalized spacial score (nSPS) is 17.1. The van der Waals surface area contributed by atoms with Gasteiger partial charge in [0.05, 0.1) is 12.5 Å². The van der Waals surface area contributed by atoms with E-state index in [0.29, 0.717) is 0 Å². The summed E-state index contributed by atoms with van der Waals surface area (Å²) < 4.78 is 10.3. The van der Waals surface area contributed by atoms with Crippen LogP contribution < -0.4 is 10.6 Å². The molecule has 28 heavy (non-hydrogen) atoms. The van der Waals surface area contributed by atoms with E-state index in [9.17, 15) is 14.4 Å². The number of hydrogen-bond acceptors (Lipinski definition) is 5. The van der Waals surface area contributed by atoms with Gasteiger partial charge in [-0.25, -0.2) is 4.79 Å². The van der Waals surface area contributed by atoms with Gasteiger partial charge in [-0.15, -0.1) is 0 Å². The van der Waals surface area contributed by atoms with E-state index in [1.54, 1.807) is 27.7 Å². The number of esters is 1. The van der Waals surface area contributed by atoms with Crippen LogP contribution >= 0.6 is 0 Å². The molecule has 0 heterocycles. The first-order valence-corrected chi connectivity index (χ1v) is 9.70. The molecule has 0 bridgehead atoms. The molecule has 7 nitrogen and oxygen atoms in total. The van der Waals surface area contributed by atoms with Crippen LogP contribution in [0, 0.1) is 0 Å². The van der Waals surface area contributed by atoms with Gasteiger partial charge in [-0.05, 0) is 58.1 Å². The first kappa shape index (κ1) is 21.7. The third-order valence-corrected chi connectivity index (χ3v) is 4.36. The third kappa shape index (κ3) is 6.87. The smallest absolute Gasteiger partial charge is 0.407 e. The highest BCUT2D eigenvalue weighted by Crippen LogP contribution is 2.29. The molecular formula is C21H30N2O5. The molecule has 0 fully saturated rings. The largest absolute Gasteiger partial charge is 0.452 e. The molecule has 2 atom stereocenters. The van der Waals surface area contributed by atoms with Crippen LogP contribution in [-0.4, -0.2) is 36.2 Å². The van der Waals surface area contributed by atoms with Crippen LogP contribution in [0.2, 0.25) is 0 Å². The Morgan fingerprint density at radius 2 is 1.93 bits per heavy atom. The average Bonchev–Trinajstić information content (AvgIpc) is 2.60. The maximum absolute atomic E-state index is 12.4. The van der Waals surface area contributed by atoms with E-state index in [2.05, 4.69) is 16.7 Å². The zero-order valence-electron chi connectivity index (χ0n) is 17.0. The lowest BCUT2D eigenvalue weighted by atomic mass is 9.87. The number of aryl methyl sites for hydroxylation is 1. The standard InChI is InChI=1S/C21H30N2O5/c1-14(27-18(24)12-13-22-20(26)28-21(2,3)4)19(25)23-17-11-7-9-15-8-5-6-10-16(15)17/h5-6,8,10,14,17H,7,9,11-13H2,1-4H3,(H,22,26)(H,23,25)/t14-,17-/m0/s1. The average molecular weight is 390 g/mol. The molecule has 0 radical (unpaired) electrons. The van der Waals surface area contributed by atoms with E-state index in [1.807, 2.05) is 18.2 Å². The van der Waals surface area contributed by atoms with Gasteiger partial charge < -0.3 is 20.1 Å². The Morgan fingerprint density at radius 3 is 2.64 bits per heavy atom. The fourth-order valence-corrected chi connectivity index (χ4v) is 3.08. The van der Waals surface area contributed by atoms with Crippen LogP contribution in [0.4, 0.5) is 4.79 Å². The van der Waals surface area contributed by atoms with Crippen molar-refractivity contribution in [2.45, 2.75) is 71.1 Å². The number of fused-ring (bicyclic) bond motifs is 1. The summed E-state index contributed by atoms with van der Waals surface area (Å²) >= 11 is 0. The summed E-state index contributed by atoms with van der Waals surface area (Å²) in [5.74, 6) is -0.877. The van der Waals surface area contributed by atoms with Crippen LogP contribution in [-0.2, 0) is 25.5 Å². The van der Waals surface area contributed by atoms with Gasteiger partial charge in [-0.3, -0.25) is 9.59 Å². The van der Waals surface area contributed by atoms with Gasteiger partial charge >= 0.3 is 12.1 Å². The predicted molar refractivity (Wildman–Crippen MR) is 105 cm³/mol. The van der Waals surface area contributed by atoms with Gasteiger partial charge in [0.2, 0.25) is 0 Å². The molecule has 0 saturated heterocycles. The molecule has 0 spiro atoms. The molecule has 154 valence electrons. The Labute approximate surface area is 166 Å². The Balaban J connectivity index is 1.75. The molecule has 1 aliphatic carbocycles. The summed E-state index contributed by atoms with van der Waals surface area (Å²) in [6, 6.07) is 8.00. The van der Waals surface area contributed by atoms with Crippen molar-refractivity contribution in [1.82, 2.24) is 10.6 Å². The molecule has 2 amide bonds. The van der Waals surface area contributed by atoms with Crippen LogP contribution in [0.25, 0.3) is 0 Å². The number of rotatable bonds is 6. The number of nitrogens with one attached hydrogen (secondary N) is 2. The van der Waals surface area contributed by atoms with E-state index >= 15 is 0 Å². The second kappa shape index (κ2) is 9.57. The van der Waals surface area contributed by atoms with Gasteiger partial charge in [0.25, 0.3) is 5.91 Å². The minimum absolute atomic E-state index is 0.0386. The third-order valence-electron chi connectivity index (χ3n) is 4.36. The van der Waals surface area contributed by atoms with E-state index in [0.717, 1.165) is 24.8 Å². The molecule has 1 aromatic carbocycles. The number of ether oxygens (including phenoxy) is 2. The summed E-state index contributed by atoms with van der Waals surface area (Å²) in [6.07, 6.45) is 1.35. The van der Waals surface area contributed by atoms with Crippen molar-refractivity contribution < 1.29 is 23.9 Å². The van der Waals surface area contributed by atoms with Crippen LogP contribution in [0.3, 0.4) is 0 Å². The quantitative estimate of drug-likeness (QED) is 0.728. The maximum atomic E-state index is 12.4. The Hall–Kier alpha value is -2.57. The van der Waals surface area contributed by atoms with Crippen molar-refractivity contribution in [2.24, 2.45) is 0 Å². The number of hydrogen-bond donors (Lipinski definition) is 2. The van der Waals surface area contributed by atoms with Gasteiger partial charge in [-0.1, -0.05) is 24.3 Å². The molecule has 2 N–H and O–H groups in total. The van der Waals surface area contributed by atoms with E-state index in [1.165, 1.54) is 5.56 Å². The summed E-state index contributed by atoms with van der Waals surface area (Å²) in [4.78, 5) is 35.9. The molecular weight excluding hydrogens is 360 g/mol. The number of carbonyl (C=O) groups excluding carboxylic acids is 3. The number of amides is 2. The molecule has 0 aliphatic heterocycles. The minimum Gasteiger partial charge on any atom is -0.452 e. The summed E-state index contributed by atoms with van der Waals surface area (Å²) in [5, 5.41) is 5.46. The second-order valence-electron chi connectivity index (χ2n) is 7.96. The molecule has 0 aromatic heterocycles. The van der Waals surface area contributed by atoms with Crippen molar-refractivity contribution in [3.05, 3.63) is 35.4 Å². The highest BCUT2D eigenvalue weighted by atomic mass is 16.6. The molecule has 0 saturated carbocycles. The lowest BCUT2D eigenvalue weighted by Crippen LogP contribution is -2.39. The monoisotopic (exact) mass is 390 g/mol. The van der Waals surface area contributed by atoms with Crippen molar-refractivity contribution in [1.29, 1.82) is 0 Å². The molecule has 2 rings (SSSR count). The van der Waals surface area contributed by atoms with Gasteiger partial charge in [0.15, 0.2) is 6.10 Å². The van der Waals surface area contributed by atoms with Crippen molar-refractivity contribution in [3.63, 3.8) is 0 Å². The zero-order chi connectivity index (χ0) is 20.7. The number of benzene rings is 1. The molecule has 1 aromatic rings. The Bertz CT molecular complexity index is 711. The molecule has 7 heteroatoms.